The van der Waals surface area contributed by atoms with Crippen molar-refractivity contribution in [2.24, 2.45) is 23.2 Å². The summed E-state index contributed by atoms with van der Waals surface area (Å²) in [5, 5.41) is 4.97. The molecule has 5 heteroatoms. The van der Waals surface area contributed by atoms with E-state index in [0.29, 0.717) is 16.9 Å². The lowest BCUT2D eigenvalue weighted by molar-refractivity contribution is -0.0564. The van der Waals surface area contributed by atoms with Gasteiger partial charge in [0.15, 0.2) is 5.76 Å². The van der Waals surface area contributed by atoms with Crippen LogP contribution in [0.5, 0.6) is 0 Å². The Hall–Kier alpha value is -1.91. The lowest BCUT2D eigenvalue weighted by atomic mass is 9.49. The average Bonchev–Trinajstić information content (AvgIpc) is 3.16. The first kappa shape index (κ1) is 21.6. The second-order valence-electron chi connectivity index (χ2n) is 10.6. The molecule has 1 heterocycles. The maximum absolute atomic E-state index is 13.2. The van der Waals surface area contributed by atoms with E-state index in [9.17, 15) is 4.79 Å². The molecule has 1 aromatic heterocycles. The molecular formula is C28H30ClNO2S. The van der Waals surface area contributed by atoms with Crippen LogP contribution >= 0.6 is 23.4 Å². The molecule has 1 N–H and O–H groups in total. The van der Waals surface area contributed by atoms with Gasteiger partial charge in [-0.2, -0.15) is 0 Å². The average molecular weight is 480 g/mol. The predicted molar refractivity (Wildman–Crippen MR) is 135 cm³/mol. The maximum Gasteiger partial charge on any atom is 0.287 e. The van der Waals surface area contributed by atoms with Crippen LogP contribution in [0.3, 0.4) is 0 Å². The molecule has 33 heavy (non-hydrogen) atoms. The van der Waals surface area contributed by atoms with Crippen LogP contribution in [-0.4, -0.2) is 12.5 Å². The molecule has 7 rings (SSSR count). The summed E-state index contributed by atoms with van der Waals surface area (Å²) in [6, 6.07) is 15.8. The highest BCUT2D eigenvalue weighted by Crippen LogP contribution is 2.61. The normalized spacial score (nSPS) is 27.8. The van der Waals surface area contributed by atoms with Gasteiger partial charge in [-0.15, -0.1) is 11.8 Å². The highest BCUT2D eigenvalue weighted by Gasteiger charge is 2.50. The fraction of sp³-hybridized carbons (Fsp3) is 0.464. The number of fused-ring (bicyclic) bond motifs is 1. The van der Waals surface area contributed by atoms with Gasteiger partial charge in [-0.25, -0.2) is 0 Å². The fourth-order valence-corrected chi connectivity index (χ4v) is 8.28. The van der Waals surface area contributed by atoms with Gasteiger partial charge >= 0.3 is 0 Å². The second-order valence-corrected chi connectivity index (χ2v) is 12.1. The summed E-state index contributed by atoms with van der Waals surface area (Å²) in [7, 11) is 0. The van der Waals surface area contributed by atoms with E-state index in [4.69, 9.17) is 16.0 Å². The van der Waals surface area contributed by atoms with E-state index in [2.05, 4.69) is 5.32 Å². The molecule has 0 spiro atoms. The number of rotatable bonds is 7. The number of halogens is 1. The van der Waals surface area contributed by atoms with E-state index in [1.54, 1.807) is 11.8 Å². The summed E-state index contributed by atoms with van der Waals surface area (Å²) in [4.78, 5) is 14.4. The topological polar surface area (TPSA) is 42.2 Å². The minimum absolute atomic E-state index is 0.0809. The molecule has 2 aromatic carbocycles. The summed E-state index contributed by atoms with van der Waals surface area (Å²) >= 11 is 7.72. The van der Waals surface area contributed by atoms with Crippen LogP contribution in [0.2, 0.25) is 5.02 Å². The summed E-state index contributed by atoms with van der Waals surface area (Å²) in [5.41, 5.74) is 2.22. The molecule has 0 atom stereocenters. The van der Waals surface area contributed by atoms with Crippen LogP contribution in [0.4, 0.5) is 0 Å². The first-order chi connectivity index (χ1) is 16.1. The van der Waals surface area contributed by atoms with Gasteiger partial charge in [0.1, 0.15) is 5.58 Å². The van der Waals surface area contributed by atoms with E-state index in [1.807, 2.05) is 48.5 Å². The molecule has 4 saturated carbocycles. The highest BCUT2D eigenvalue weighted by atomic mass is 35.5. The van der Waals surface area contributed by atoms with Gasteiger partial charge < -0.3 is 9.73 Å². The van der Waals surface area contributed by atoms with E-state index >= 15 is 0 Å². The monoisotopic (exact) mass is 479 g/mol. The van der Waals surface area contributed by atoms with Crippen LogP contribution in [0, 0.1) is 23.2 Å². The van der Waals surface area contributed by atoms with Gasteiger partial charge in [-0.1, -0.05) is 29.8 Å². The predicted octanol–water partition coefficient (Wildman–Crippen LogP) is 7.71. The van der Waals surface area contributed by atoms with E-state index in [0.717, 1.165) is 57.2 Å². The molecule has 3 aromatic rings. The molecule has 0 aliphatic heterocycles. The molecule has 4 fully saturated rings. The summed E-state index contributed by atoms with van der Waals surface area (Å²) in [6.45, 7) is 0.742. The quantitative estimate of drug-likeness (QED) is 0.353. The Balaban J connectivity index is 1.16. The Morgan fingerprint density at radius 1 is 1.00 bits per heavy atom. The van der Waals surface area contributed by atoms with Crippen LogP contribution in [0.15, 0.2) is 57.8 Å². The second kappa shape index (κ2) is 8.70. The van der Waals surface area contributed by atoms with Crippen molar-refractivity contribution in [3.63, 3.8) is 0 Å². The minimum atomic E-state index is -0.0809. The summed E-state index contributed by atoms with van der Waals surface area (Å²) < 4.78 is 6.07. The highest BCUT2D eigenvalue weighted by molar-refractivity contribution is 7.98. The third-order valence-corrected chi connectivity index (χ3v) is 9.50. The van der Waals surface area contributed by atoms with Gasteiger partial charge in [-0.05, 0) is 98.4 Å². The Morgan fingerprint density at radius 3 is 2.36 bits per heavy atom. The molecule has 1 amide bonds. The van der Waals surface area contributed by atoms with Gasteiger partial charge in [-0.3, -0.25) is 4.79 Å². The third kappa shape index (κ3) is 4.33. The Bertz CT molecular complexity index is 1130. The lowest BCUT2D eigenvalue weighted by Gasteiger charge is -2.57. The molecule has 172 valence electrons. The number of thioether (sulfide) groups is 1. The van der Waals surface area contributed by atoms with Crippen molar-refractivity contribution < 1.29 is 9.21 Å². The van der Waals surface area contributed by atoms with Gasteiger partial charge in [0.25, 0.3) is 5.91 Å². The van der Waals surface area contributed by atoms with Crippen molar-refractivity contribution in [3.8, 4) is 0 Å². The number of para-hydroxylation sites is 1. The van der Waals surface area contributed by atoms with Gasteiger partial charge in [0.2, 0.25) is 0 Å². The number of carbonyl (C=O) groups is 1. The number of hydrogen-bond donors (Lipinski definition) is 1. The van der Waals surface area contributed by atoms with Crippen molar-refractivity contribution in [3.05, 3.63) is 64.9 Å². The molecule has 0 radical (unpaired) electrons. The van der Waals surface area contributed by atoms with Crippen molar-refractivity contribution >= 4 is 40.2 Å². The van der Waals surface area contributed by atoms with E-state index in [1.165, 1.54) is 38.5 Å². The number of nitrogens with one attached hydrogen (secondary N) is 1. The first-order valence-electron chi connectivity index (χ1n) is 12.2. The molecule has 4 aliphatic carbocycles. The van der Waals surface area contributed by atoms with Gasteiger partial charge in [0, 0.05) is 33.2 Å². The third-order valence-electron chi connectivity index (χ3n) is 8.21. The number of amides is 1. The molecular weight excluding hydrogens is 450 g/mol. The van der Waals surface area contributed by atoms with Crippen LogP contribution in [0.25, 0.3) is 11.0 Å². The number of hydrogen-bond acceptors (Lipinski definition) is 3. The van der Waals surface area contributed by atoms with Crippen LogP contribution < -0.4 is 5.32 Å². The summed E-state index contributed by atoms with van der Waals surface area (Å²) in [5.74, 6) is 3.89. The molecule has 3 nitrogen and oxygen atoms in total. The number of furan rings is 1. The number of benzene rings is 2. The maximum atomic E-state index is 13.2. The zero-order valence-electron chi connectivity index (χ0n) is 18.8. The Kier molecular flexibility index (Phi) is 5.70. The fourth-order valence-electron chi connectivity index (χ4n) is 7.23. The molecule has 0 unspecified atom stereocenters. The molecule has 4 bridgehead atoms. The smallest absolute Gasteiger partial charge is 0.287 e. The van der Waals surface area contributed by atoms with E-state index < -0.39 is 0 Å². The van der Waals surface area contributed by atoms with Crippen molar-refractivity contribution in [2.45, 2.75) is 55.6 Å². The van der Waals surface area contributed by atoms with Crippen LogP contribution in [0.1, 0.15) is 61.1 Å². The largest absolute Gasteiger partial charge is 0.451 e. The van der Waals surface area contributed by atoms with Gasteiger partial charge in [0.05, 0.1) is 0 Å². The van der Waals surface area contributed by atoms with Crippen molar-refractivity contribution in [1.82, 2.24) is 5.32 Å². The Labute approximate surface area is 204 Å². The standard InChI is InChI=1S/C28H30ClNO2S/c29-21-5-7-22(8-6-21)33-17-24-23-3-1-2-4-25(23)32-26(24)27(31)30-10-9-28-14-18-11-19(15-28)13-20(12-18)16-28/h1-8,18-20H,9-17H2,(H,30,31). The van der Waals surface area contributed by atoms with E-state index in [-0.39, 0.29) is 5.91 Å². The van der Waals surface area contributed by atoms with Crippen molar-refractivity contribution in [1.29, 1.82) is 0 Å². The molecule has 0 saturated heterocycles. The first-order valence-corrected chi connectivity index (χ1v) is 13.6. The SMILES string of the molecule is O=C(NCCC12CC3CC(CC(C3)C1)C2)c1oc2ccccc2c1CSc1ccc(Cl)cc1. The zero-order chi connectivity index (χ0) is 22.4. The molecule has 4 aliphatic rings. The van der Waals surface area contributed by atoms with Crippen molar-refractivity contribution in [2.75, 3.05) is 6.54 Å². The Morgan fingerprint density at radius 2 is 1.67 bits per heavy atom. The minimum Gasteiger partial charge on any atom is -0.451 e. The number of carbonyl (C=O) groups excluding carboxylic acids is 1. The lowest BCUT2D eigenvalue weighted by Crippen LogP contribution is -2.47. The summed E-state index contributed by atoms with van der Waals surface area (Å²) in [6.07, 6.45) is 9.61. The van der Waals surface area contributed by atoms with Crippen LogP contribution in [-0.2, 0) is 5.75 Å². The zero-order valence-corrected chi connectivity index (χ0v) is 20.4.